The third-order valence-electron chi connectivity index (χ3n) is 4.07. The van der Waals surface area contributed by atoms with E-state index in [2.05, 4.69) is 12.2 Å². The molecule has 0 bridgehead atoms. The van der Waals surface area contributed by atoms with E-state index in [9.17, 15) is 9.59 Å². The minimum absolute atomic E-state index is 0.0556. The summed E-state index contributed by atoms with van der Waals surface area (Å²) in [4.78, 5) is 25.4. The monoisotopic (exact) mass is 271 g/mol. The smallest absolute Gasteiger partial charge is 0.335 e. The molecular formula is C16H17NO3. The van der Waals surface area contributed by atoms with Crippen molar-refractivity contribution in [1.29, 1.82) is 0 Å². The molecule has 20 heavy (non-hydrogen) atoms. The second-order valence-electron chi connectivity index (χ2n) is 5.38. The highest BCUT2D eigenvalue weighted by Gasteiger charge is 2.29. The van der Waals surface area contributed by atoms with Crippen LogP contribution in [0.5, 0.6) is 0 Å². The van der Waals surface area contributed by atoms with Gasteiger partial charge in [-0.3, -0.25) is 4.79 Å². The molecule has 0 fully saturated rings. The molecule has 2 aliphatic rings. The molecule has 1 amide bonds. The third kappa shape index (κ3) is 2.22. The highest BCUT2D eigenvalue weighted by Crippen LogP contribution is 2.31. The molecule has 1 aliphatic carbocycles. The van der Waals surface area contributed by atoms with Gasteiger partial charge in [0.05, 0.1) is 5.56 Å². The Morgan fingerprint density at radius 3 is 2.65 bits per heavy atom. The van der Waals surface area contributed by atoms with Gasteiger partial charge < -0.3 is 10.0 Å². The van der Waals surface area contributed by atoms with Crippen molar-refractivity contribution < 1.29 is 14.7 Å². The van der Waals surface area contributed by atoms with Crippen molar-refractivity contribution in [3.05, 3.63) is 41.5 Å². The van der Waals surface area contributed by atoms with Crippen molar-refractivity contribution in [3.8, 4) is 0 Å². The molecule has 4 nitrogen and oxygen atoms in total. The molecule has 0 saturated carbocycles. The quantitative estimate of drug-likeness (QED) is 0.841. The van der Waals surface area contributed by atoms with Gasteiger partial charge in [-0.2, -0.15) is 0 Å². The Kier molecular flexibility index (Phi) is 3.30. The fraction of sp³-hybridized carbons (Fsp3) is 0.375. The molecule has 3 rings (SSSR count). The molecule has 1 aromatic carbocycles. The van der Waals surface area contributed by atoms with E-state index in [1.54, 1.807) is 18.2 Å². The number of benzene rings is 1. The maximum atomic E-state index is 12.6. The summed E-state index contributed by atoms with van der Waals surface area (Å²) in [5.41, 5.74) is 2.15. The van der Waals surface area contributed by atoms with Gasteiger partial charge in [-0.25, -0.2) is 4.79 Å². The van der Waals surface area contributed by atoms with E-state index in [0.29, 0.717) is 5.56 Å². The average Bonchev–Trinajstić information content (AvgIpc) is 2.99. The van der Waals surface area contributed by atoms with E-state index >= 15 is 0 Å². The van der Waals surface area contributed by atoms with Gasteiger partial charge >= 0.3 is 5.97 Å². The number of nitrogens with zero attached hydrogens (tertiary/aromatic N) is 1. The predicted molar refractivity (Wildman–Crippen MR) is 75.9 cm³/mol. The largest absolute Gasteiger partial charge is 0.478 e. The lowest BCUT2D eigenvalue weighted by atomic mass is 9.97. The molecule has 0 spiro atoms. The normalized spacial score (nSPS) is 18.1. The summed E-state index contributed by atoms with van der Waals surface area (Å²) in [5, 5.41) is 9.05. The molecule has 0 atom stereocenters. The highest BCUT2D eigenvalue weighted by atomic mass is 16.4. The van der Waals surface area contributed by atoms with E-state index in [1.165, 1.54) is 0 Å². The van der Waals surface area contributed by atoms with Crippen LogP contribution in [0.2, 0.25) is 0 Å². The summed E-state index contributed by atoms with van der Waals surface area (Å²) in [6.45, 7) is 0.731. The molecule has 0 radical (unpaired) electrons. The van der Waals surface area contributed by atoms with Gasteiger partial charge in [0.2, 0.25) is 5.91 Å². The highest BCUT2D eigenvalue weighted by molar-refractivity contribution is 5.97. The average molecular weight is 271 g/mol. The van der Waals surface area contributed by atoms with Crippen LogP contribution in [-0.2, 0) is 11.2 Å². The van der Waals surface area contributed by atoms with Gasteiger partial charge in [-0.05, 0) is 49.4 Å². The van der Waals surface area contributed by atoms with E-state index < -0.39 is 5.97 Å². The number of hydrogen-bond acceptors (Lipinski definition) is 2. The van der Waals surface area contributed by atoms with E-state index in [1.807, 2.05) is 4.90 Å². The fourth-order valence-electron chi connectivity index (χ4n) is 3.00. The Bertz CT molecular complexity index is 583. The van der Waals surface area contributed by atoms with Crippen molar-refractivity contribution in [3.63, 3.8) is 0 Å². The Morgan fingerprint density at radius 1 is 1.20 bits per heavy atom. The van der Waals surface area contributed by atoms with Crippen LogP contribution in [0.25, 0.3) is 0 Å². The Morgan fingerprint density at radius 2 is 1.95 bits per heavy atom. The van der Waals surface area contributed by atoms with Crippen LogP contribution in [0.15, 0.2) is 30.4 Å². The van der Waals surface area contributed by atoms with Gasteiger partial charge in [0.1, 0.15) is 0 Å². The number of fused-ring (bicyclic) bond motifs is 1. The number of hydrogen-bond donors (Lipinski definition) is 1. The van der Waals surface area contributed by atoms with Crippen LogP contribution in [0.4, 0.5) is 5.69 Å². The van der Waals surface area contributed by atoms with Gasteiger partial charge in [-0.1, -0.05) is 12.2 Å². The number of anilines is 1. The van der Waals surface area contributed by atoms with Crippen molar-refractivity contribution in [2.75, 3.05) is 11.4 Å². The second-order valence-corrected chi connectivity index (χ2v) is 5.38. The maximum absolute atomic E-state index is 12.6. The Hall–Kier alpha value is -2.10. The molecule has 1 aliphatic heterocycles. The van der Waals surface area contributed by atoms with Crippen LogP contribution in [-0.4, -0.2) is 23.5 Å². The molecule has 4 heteroatoms. The fourth-order valence-corrected chi connectivity index (χ4v) is 3.00. The van der Waals surface area contributed by atoms with Crippen LogP contribution in [0, 0.1) is 5.92 Å². The number of carboxylic acid groups (broad SMARTS) is 1. The van der Waals surface area contributed by atoms with Gasteiger partial charge in [0.25, 0.3) is 0 Å². The first-order valence-corrected chi connectivity index (χ1v) is 6.99. The van der Waals surface area contributed by atoms with Crippen LogP contribution < -0.4 is 4.90 Å². The summed E-state index contributed by atoms with van der Waals surface area (Å²) < 4.78 is 0. The summed E-state index contributed by atoms with van der Waals surface area (Å²) in [6.07, 6.45) is 7.47. The molecule has 104 valence electrons. The van der Waals surface area contributed by atoms with Crippen molar-refractivity contribution >= 4 is 17.6 Å². The molecule has 1 heterocycles. The summed E-state index contributed by atoms with van der Waals surface area (Å²) in [6, 6.07) is 5.06. The Labute approximate surface area is 117 Å². The van der Waals surface area contributed by atoms with E-state index in [0.717, 1.165) is 43.5 Å². The lowest BCUT2D eigenvalue weighted by Gasteiger charge is -2.31. The van der Waals surface area contributed by atoms with Crippen molar-refractivity contribution in [2.45, 2.75) is 25.7 Å². The summed E-state index contributed by atoms with van der Waals surface area (Å²) >= 11 is 0. The van der Waals surface area contributed by atoms with Crippen LogP contribution in [0.1, 0.15) is 35.2 Å². The number of aryl methyl sites for hydroxylation is 1. The van der Waals surface area contributed by atoms with Gasteiger partial charge in [-0.15, -0.1) is 0 Å². The zero-order valence-electron chi connectivity index (χ0n) is 11.2. The number of amides is 1. The zero-order valence-corrected chi connectivity index (χ0v) is 11.2. The summed E-state index contributed by atoms with van der Waals surface area (Å²) in [5.74, 6) is -0.699. The second kappa shape index (κ2) is 5.12. The predicted octanol–water partition coefficient (Wildman–Crippen LogP) is 2.63. The van der Waals surface area contributed by atoms with Gasteiger partial charge in [0.15, 0.2) is 0 Å². The number of allylic oxidation sites excluding steroid dienone is 2. The standard InChI is InChI=1S/C16H17NO3/c18-15(11-4-1-2-5-11)17-9-3-6-12-10-13(16(19)20)7-8-14(12)17/h1-2,7-8,10-11H,3-6,9H2,(H,19,20). The summed E-state index contributed by atoms with van der Waals surface area (Å²) in [7, 11) is 0. The van der Waals surface area contributed by atoms with Gasteiger partial charge in [0, 0.05) is 18.2 Å². The lowest BCUT2D eigenvalue weighted by molar-refractivity contribution is -0.122. The number of rotatable bonds is 2. The first kappa shape index (κ1) is 12.9. The third-order valence-corrected chi connectivity index (χ3v) is 4.07. The first-order valence-electron chi connectivity index (χ1n) is 6.99. The minimum atomic E-state index is -0.920. The van der Waals surface area contributed by atoms with Crippen LogP contribution >= 0.6 is 0 Å². The van der Waals surface area contributed by atoms with Crippen molar-refractivity contribution in [1.82, 2.24) is 0 Å². The number of carboxylic acids is 1. The zero-order chi connectivity index (χ0) is 14.1. The maximum Gasteiger partial charge on any atom is 0.335 e. The molecule has 0 aromatic heterocycles. The molecule has 0 saturated heterocycles. The minimum Gasteiger partial charge on any atom is -0.478 e. The van der Waals surface area contributed by atoms with E-state index in [4.69, 9.17) is 5.11 Å². The van der Waals surface area contributed by atoms with Crippen LogP contribution in [0.3, 0.4) is 0 Å². The molecular weight excluding hydrogens is 254 g/mol. The lowest BCUT2D eigenvalue weighted by Crippen LogP contribution is -2.39. The Balaban J connectivity index is 1.89. The molecule has 1 aromatic rings. The number of carbonyl (C=O) groups is 2. The number of carbonyl (C=O) groups excluding carboxylic acids is 1. The number of aromatic carboxylic acids is 1. The van der Waals surface area contributed by atoms with E-state index in [-0.39, 0.29) is 11.8 Å². The molecule has 0 unspecified atom stereocenters. The first-order chi connectivity index (χ1) is 9.66. The van der Waals surface area contributed by atoms with Crippen molar-refractivity contribution in [2.24, 2.45) is 5.92 Å². The molecule has 1 N–H and O–H groups in total. The SMILES string of the molecule is O=C(O)c1ccc2c(c1)CCCN2C(=O)C1CC=CC1. The topological polar surface area (TPSA) is 57.6 Å².